The summed E-state index contributed by atoms with van der Waals surface area (Å²) in [5, 5.41) is 6.88. The van der Waals surface area contributed by atoms with Gasteiger partial charge in [0.1, 0.15) is 0 Å². The lowest BCUT2D eigenvalue weighted by atomic mass is 10.1. The summed E-state index contributed by atoms with van der Waals surface area (Å²) >= 11 is 0. The Hall–Kier alpha value is -2.50. The van der Waals surface area contributed by atoms with Gasteiger partial charge in [-0.3, -0.25) is 4.79 Å². The van der Waals surface area contributed by atoms with Crippen LogP contribution in [0.5, 0.6) is 0 Å². The lowest BCUT2D eigenvalue weighted by Gasteiger charge is -2.21. The van der Waals surface area contributed by atoms with Crippen molar-refractivity contribution < 1.29 is 9.59 Å². The second-order valence-corrected chi connectivity index (χ2v) is 6.29. The smallest absolute Gasteiger partial charge is 0.315 e. The standard InChI is InChI=1S/C18H24N4O2/c1-13(23)22(11-9-19-18(24)21-15-6-7-15)10-8-14-12-20-17-5-3-2-4-16(14)17/h2-5,12,15,20H,6-11H2,1H3,(H2,19,21,24). The van der Waals surface area contributed by atoms with Gasteiger partial charge >= 0.3 is 6.03 Å². The van der Waals surface area contributed by atoms with Crippen LogP contribution in [0.25, 0.3) is 10.9 Å². The summed E-state index contributed by atoms with van der Waals surface area (Å²) in [6.45, 7) is 3.20. The van der Waals surface area contributed by atoms with Crippen molar-refractivity contribution in [2.75, 3.05) is 19.6 Å². The van der Waals surface area contributed by atoms with Crippen LogP contribution in [0.2, 0.25) is 0 Å². The molecular weight excluding hydrogens is 304 g/mol. The minimum Gasteiger partial charge on any atom is -0.361 e. The lowest BCUT2D eigenvalue weighted by molar-refractivity contribution is -0.128. The normalized spacial score (nSPS) is 13.7. The number of H-pyrrole nitrogens is 1. The average molecular weight is 328 g/mol. The summed E-state index contributed by atoms with van der Waals surface area (Å²) in [6.07, 6.45) is 4.93. The number of hydrogen-bond donors (Lipinski definition) is 3. The number of para-hydroxylation sites is 1. The average Bonchev–Trinajstić information content (AvgIpc) is 3.28. The van der Waals surface area contributed by atoms with Crippen molar-refractivity contribution >= 4 is 22.8 Å². The molecule has 0 spiro atoms. The van der Waals surface area contributed by atoms with E-state index >= 15 is 0 Å². The maximum absolute atomic E-state index is 11.8. The Morgan fingerprint density at radius 3 is 2.79 bits per heavy atom. The molecule has 3 N–H and O–H groups in total. The molecule has 0 unspecified atom stereocenters. The molecule has 0 saturated heterocycles. The Morgan fingerprint density at radius 2 is 2.04 bits per heavy atom. The van der Waals surface area contributed by atoms with Crippen LogP contribution in [0.1, 0.15) is 25.3 Å². The zero-order chi connectivity index (χ0) is 16.9. The summed E-state index contributed by atoms with van der Waals surface area (Å²) in [4.78, 5) is 28.5. The number of hydrogen-bond acceptors (Lipinski definition) is 2. The van der Waals surface area contributed by atoms with E-state index in [-0.39, 0.29) is 11.9 Å². The van der Waals surface area contributed by atoms with E-state index in [1.807, 2.05) is 24.4 Å². The molecule has 1 aromatic heterocycles. The molecule has 24 heavy (non-hydrogen) atoms. The van der Waals surface area contributed by atoms with E-state index < -0.39 is 0 Å². The van der Waals surface area contributed by atoms with E-state index in [0.717, 1.165) is 24.8 Å². The van der Waals surface area contributed by atoms with Gasteiger partial charge in [-0.15, -0.1) is 0 Å². The number of carbonyl (C=O) groups excluding carboxylic acids is 2. The third kappa shape index (κ3) is 4.28. The summed E-state index contributed by atoms with van der Waals surface area (Å²) < 4.78 is 0. The molecule has 6 nitrogen and oxygen atoms in total. The lowest BCUT2D eigenvalue weighted by Crippen LogP contribution is -2.42. The number of aromatic amines is 1. The Balaban J connectivity index is 1.48. The molecule has 128 valence electrons. The van der Waals surface area contributed by atoms with Crippen LogP contribution < -0.4 is 10.6 Å². The Labute approximate surface area is 141 Å². The first kappa shape index (κ1) is 16.4. The van der Waals surface area contributed by atoms with Crippen molar-refractivity contribution in [3.63, 3.8) is 0 Å². The second-order valence-electron chi connectivity index (χ2n) is 6.29. The minimum absolute atomic E-state index is 0.0271. The first-order valence-electron chi connectivity index (χ1n) is 8.48. The van der Waals surface area contributed by atoms with Gasteiger partial charge in [-0.05, 0) is 30.9 Å². The van der Waals surface area contributed by atoms with Crippen LogP contribution in [0, 0.1) is 0 Å². The molecular formula is C18H24N4O2. The number of urea groups is 1. The molecule has 1 saturated carbocycles. The van der Waals surface area contributed by atoms with E-state index in [0.29, 0.717) is 25.7 Å². The highest BCUT2D eigenvalue weighted by molar-refractivity contribution is 5.83. The molecule has 0 aliphatic heterocycles. The van der Waals surface area contributed by atoms with Gasteiger partial charge in [0.15, 0.2) is 0 Å². The maximum atomic E-state index is 11.8. The summed E-state index contributed by atoms with van der Waals surface area (Å²) in [7, 11) is 0. The molecule has 2 aromatic rings. The van der Waals surface area contributed by atoms with E-state index in [2.05, 4.69) is 21.7 Å². The van der Waals surface area contributed by atoms with Crippen molar-refractivity contribution in [3.05, 3.63) is 36.0 Å². The largest absolute Gasteiger partial charge is 0.361 e. The maximum Gasteiger partial charge on any atom is 0.315 e. The summed E-state index contributed by atoms with van der Waals surface area (Å²) in [5.74, 6) is 0.0271. The van der Waals surface area contributed by atoms with Crippen LogP contribution in [0.4, 0.5) is 4.79 Å². The number of benzene rings is 1. The second kappa shape index (κ2) is 7.38. The van der Waals surface area contributed by atoms with Gasteiger partial charge in [-0.2, -0.15) is 0 Å². The van der Waals surface area contributed by atoms with Gasteiger partial charge in [-0.1, -0.05) is 18.2 Å². The van der Waals surface area contributed by atoms with E-state index in [9.17, 15) is 9.59 Å². The van der Waals surface area contributed by atoms with Crippen LogP contribution in [0.3, 0.4) is 0 Å². The number of aromatic nitrogens is 1. The van der Waals surface area contributed by atoms with Crippen molar-refractivity contribution in [2.24, 2.45) is 0 Å². The molecule has 1 aliphatic rings. The van der Waals surface area contributed by atoms with Crippen LogP contribution in [-0.2, 0) is 11.2 Å². The molecule has 1 aliphatic carbocycles. The predicted octanol–water partition coefficient (Wildman–Crippen LogP) is 2.02. The molecule has 0 bridgehead atoms. The molecule has 0 atom stereocenters. The monoisotopic (exact) mass is 328 g/mol. The fourth-order valence-electron chi connectivity index (χ4n) is 2.79. The topological polar surface area (TPSA) is 77.2 Å². The van der Waals surface area contributed by atoms with E-state index in [1.54, 1.807) is 11.8 Å². The van der Waals surface area contributed by atoms with Crippen LogP contribution in [-0.4, -0.2) is 47.5 Å². The molecule has 6 heteroatoms. The number of nitrogens with zero attached hydrogens (tertiary/aromatic N) is 1. The fourth-order valence-corrected chi connectivity index (χ4v) is 2.79. The summed E-state index contributed by atoms with van der Waals surface area (Å²) in [6, 6.07) is 8.36. The molecule has 1 heterocycles. The van der Waals surface area contributed by atoms with Gasteiger partial charge in [0.25, 0.3) is 0 Å². The van der Waals surface area contributed by atoms with Crippen molar-refractivity contribution in [1.29, 1.82) is 0 Å². The number of carbonyl (C=O) groups is 2. The van der Waals surface area contributed by atoms with E-state index in [1.165, 1.54) is 10.9 Å². The van der Waals surface area contributed by atoms with Crippen LogP contribution >= 0.6 is 0 Å². The minimum atomic E-state index is -0.141. The molecule has 3 rings (SSSR count). The summed E-state index contributed by atoms with van der Waals surface area (Å²) in [5.41, 5.74) is 2.32. The van der Waals surface area contributed by atoms with Gasteiger partial charge < -0.3 is 20.5 Å². The quantitative estimate of drug-likeness (QED) is 0.727. The van der Waals surface area contributed by atoms with Gasteiger partial charge in [0, 0.05) is 49.7 Å². The number of rotatable bonds is 7. The van der Waals surface area contributed by atoms with Crippen molar-refractivity contribution in [2.45, 2.75) is 32.2 Å². The third-order valence-corrected chi connectivity index (χ3v) is 4.35. The molecule has 1 fully saturated rings. The Kier molecular flexibility index (Phi) is 5.03. The van der Waals surface area contributed by atoms with Crippen molar-refractivity contribution in [3.8, 4) is 0 Å². The highest BCUT2D eigenvalue weighted by Crippen LogP contribution is 2.19. The van der Waals surface area contributed by atoms with Gasteiger partial charge in [-0.25, -0.2) is 4.79 Å². The van der Waals surface area contributed by atoms with Gasteiger partial charge in [0.2, 0.25) is 5.91 Å². The number of fused-ring (bicyclic) bond motifs is 1. The SMILES string of the molecule is CC(=O)N(CCNC(=O)NC1CC1)CCc1c[nH]c2ccccc12. The first-order valence-corrected chi connectivity index (χ1v) is 8.48. The fraction of sp³-hybridized carbons (Fsp3) is 0.444. The molecule has 1 aromatic carbocycles. The number of amides is 3. The number of nitrogens with one attached hydrogen (secondary N) is 3. The Bertz CT molecular complexity index is 721. The predicted molar refractivity (Wildman–Crippen MR) is 93.8 cm³/mol. The molecule has 3 amide bonds. The zero-order valence-electron chi connectivity index (χ0n) is 14.0. The molecule has 0 radical (unpaired) electrons. The van der Waals surface area contributed by atoms with Crippen LogP contribution in [0.15, 0.2) is 30.5 Å². The zero-order valence-corrected chi connectivity index (χ0v) is 14.0. The highest BCUT2D eigenvalue weighted by Gasteiger charge is 2.23. The first-order chi connectivity index (χ1) is 11.6. The highest BCUT2D eigenvalue weighted by atomic mass is 16.2. The van der Waals surface area contributed by atoms with Gasteiger partial charge in [0.05, 0.1) is 0 Å². The van der Waals surface area contributed by atoms with E-state index in [4.69, 9.17) is 0 Å². The Morgan fingerprint density at radius 1 is 1.25 bits per heavy atom. The third-order valence-electron chi connectivity index (χ3n) is 4.35. The van der Waals surface area contributed by atoms with Crippen molar-refractivity contribution in [1.82, 2.24) is 20.5 Å².